The quantitative estimate of drug-likeness (QED) is 0.781. The number of aromatic nitrogens is 1. The Hall–Kier alpha value is -1.74. The maximum atomic E-state index is 12.3. The fourth-order valence-corrected chi connectivity index (χ4v) is 3.29. The molecule has 0 radical (unpaired) electrons. The highest BCUT2D eigenvalue weighted by Gasteiger charge is 2.39. The molecule has 20 heavy (non-hydrogen) atoms. The first kappa shape index (κ1) is 13.3. The minimum absolute atomic E-state index is 0.182. The van der Waals surface area contributed by atoms with Gasteiger partial charge in [0, 0.05) is 43.5 Å². The van der Waals surface area contributed by atoms with Crippen molar-refractivity contribution in [3.05, 3.63) is 16.1 Å². The lowest BCUT2D eigenvalue weighted by atomic mass is 10.0. The summed E-state index contributed by atoms with van der Waals surface area (Å²) in [6, 6.07) is 0. The molecule has 1 aromatic heterocycles. The Morgan fingerprint density at radius 3 is 3.10 bits per heavy atom. The number of hydrogen-bond donors (Lipinski definition) is 0. The first-order valence-corrected chi connectivity index (χ1v) is 7.67. The van der Waals surface area contributed by atoms with Crippen LogP contribution >= 0.6 is 11.3 Å². The lowest BCUT2D eigenvalue weighted by Gasteiger charge is -2.26. The average Bonchev–Trinajstić information content (AvgIpc) is 3.09. The first-order chi connectivity index (χ1) is 9.72. The standard InChI is InChI=1S/C14H16N4OS/c1-2-3-6-14(16-17-14)7-4-13(19)18-8-5-11-12(9-18)20-10-15-11/h1,10H,3-9H2. The second kappa shape index (κ2) is 5.33. The first-order valence-electron chi connectivity index (χ1n) is 6.79. The highest BCUT2D eigenvalue weighted by Crippen LogP contribution is 2.37. The van der Waals surface area contributed by atoms with E-state index in [1.54, 1.807) is 11.3 Å². The molecule has 2 aliphatic heterocycles. The summed E-state index contributed by atoms with van der Waals surface area (Å²) in [5, 5.41) is 8.13. The van der Waals surface area contributed by atoms with Crippen LogP contribution in [0.15, 0.2) is 15.7 Å². The number of thiazole rings is 1. The SMILES string of the molecule is C#CCCC1(CCC(=O)N2CCc3ncsc3C2)N=N1. The number of rotatable bonds is 5. The fraction of sp³-hybridized carbons (Fsp3) is 0.571. The molecule has 0 bridgehead atoms. The molecule has 0 N–H and O–H groups in total. The fourth-order valence-electron chi connectivity index (χ4n) is 2.47. The molecule has 6 heteroatoms. The largest absolute Gasteiger partial charge is 0.337 e. The Kier molecular flexibility index (Phi) is 3.53. The second-order valence-corrected chi connectivity index (χ2v) is 6.11. The van der Waals surface area contributed by atoms with Crippen molar-refractivity contribution in [1.29, 1.82) is 0 Å². The Labute approximate surface area is 122 Å². The minimum atomic E-state index is -0.354. The Morgan fingerprint density at radius 2 is 2.35 bits per heavy atom. The van der Waals surface area contributed by atoms with Crippen LogP contribution in [0, 0.1) is 12.3 Å². The smallest absolute Gasteiger partial charge is 0.223 e. The van der Waals surface area contributed by atoms with Crippen LogP contribution in [-0.2, 0) is 17.8 Å². The molecule has 2 aliphatic rings. The summed E-state index contributed by atoms with van der Waals surface area (Å²) in [5.74, 6) is 2.78. The van der Waals surface area contributed by atoms with Crippen LogP contribution in [0.4, 0.5) is 0 Å². The Bertz CT molecular complexity index is 580. The predicted octanol–water partition coefficient (Wildman–Crippen LogP) is 2.38. The van der Waals surface area contributed by atoms with Crippen molar-refractivity contribution < 1.29 is 4.79 Å². The van der Waals surface area contributed by atoms with Gasteiger partial charge in [-0.25, -0.2) is 4.98 Å². The third-order valence-corrected chi connectivity index (χ3v) is 4.68. The molecule has 1 aromatic rings. The maximum absolute atomic E-state index is 12.3. The third kappa shape index (κ3) is 2.73. The Balaban J connectivity index is 1.50. The molecule has 0 saturated carbocycles. The number of nitrogens with zero attached hydrogens (tertiary/aromatic N) is 4. The van der Waals surface area contributed by atoms with E-state index in [4.69, 9.17) is 6.42 Å². The zero-order valence-electron chi connectivity index (χ0n) is 11.2. The minimum Gasteiger partial charge on any atom is -0.337 e. The summed E-state index contributed by atoms with van der Waals surface area (Å²) < 4.78 is 0. The van der Waals surface area contributed by atoms with E-state index in [-0.39, 0.29) is 11.6 Å². The van der Waals surface area contributed by atoms with Gasteiger partial charge in [-0.3, -0.25) is 4.79 Å². The number of amides is 1. The predicted molar refractivity (Wildman–Crippen MR) is 76.1 cm³/mol. The molecule has 5 nitrogen and oxygen atoms in total. The molecule has 0 aliphatic carbocycles. The number of hydrogen-bond acceptors (Lipinski definition) is 5. The summed E-state index contributed by atoms with van der Waals surface area (Å²) in [4.78, 5) is 19.7. The van der Waals surface area contributed by atoms with Crippen molar-refractivity contribution in [3.8, 4) is 12.3 Å². The van der Waals surface area contributed by atoms with E-state index in [0.717, 1.165) is 25.1 Å². The number of carbonyl (C=O) groups is 1. The highest BCUT2D eigenvalue weighted by atomic mass is 32.1. The topological polar surface area (TPSA) is 57.9 Å². The van der Waals surface area contributed by atoms with Crippen molar-refractivity contribution in [2.45, 2.75) is 44.3 Å². The monoisotopic (exact) mass is 288 g/mol. The van der Waals surface area contributed by atoms with E-state index < -0.39 is 0 Å². The summed E-state index contributed by atoms with van der Waals surface area (Å²) in [5.41, 5.74) is 2.65. The van der Waals surface area contributed by atoms with Gasteiger partial charge in [-0.1, -0.05) is 0 Å². The van der Waals surface area contributed by atoms with Gasteiger partial charge in [-0.05, 0) is 0 Å². The molecule has 0 aromatic carbocycles. The summed E-state index contributed by atoms with van der Waals surface area (Å²) >= 11 is 1.63. The summed E-state index contributed by atoms with van der Waals surface area (Å²) in [6.07, 6.45) is 8.71. The normalized spacial score (nSPS) is 18.4. The van der Waals surface area contributed by atoms with E-state index in [1.165, 1.54) is 4.88 Å². The van der Waals surface area contributed by atoms with Gasteiger partial charge in [0.05, 0.1) is 17.7 Å². The molecule has 0 atom stereocenters. The molecule has 1 amide bonds. The van der Waals surface area contributed by atoms with Gasteiger partial charge >= 0.3 is 0 Å². The zero-order chi connectivity index (χ0) is 14.0. The van der Waals surface area contributed by atoms with Crippen LogP contribution in [-0.4, -0.2) is 28.0 Å². The van der Waals surface area contributed by atoms with Crippen molar-refractivity contribution in [2.75, 3.05) is 6.54 Å². The van der Waals surface area contributed by atoms with Crippen LogP contribution in [0.2, 0.25) is 0 Å². The number of carbonyl (C=O) groups excluding carboxylic acids is 1. The van der Waals surface area contributed by atoms with Crippen molar-refractivity contribution in [3.63, 3.8) is 0 Å². The second-order valence-electron chi connectivity index (χ2n) is 5.17. The molecule has 0 spiro atoms. The lowest BCUT2D eigenvalue weighted by Crippen LogP contribution is -2.36. The van der Waals surface area contributed by atoms with Crippen molar-refractivity contribution in [2.24, 2.45) is 10.2 Å². The summed E-state index contributed by atoms with van der Waals surface area (Å²) in [6.45, 7) is 1.46. The van der Waals surface area contributed by atoms with Crippen LogP contribution in [0.3, 0.4) is 0 Å². The third-order valence-electron chi connectivity index (χ3n) is 3.82. The average molecular weight is 288 g/mol. The van der Waals surface area contributed by atoms with Gasteiger partial charge in [0.1, 0.15) is 0 Å². The number of terminal acetylenes is 1. The van der Waals surface area contributed by atoms with E-state index in [0.29, 0.717) is 25.8 Å². The van der Waals surface area contributed by atoms with Crippen LogP contribution in [0.5, 0.6) is 0 Å². The van der Waals surface area contributed by atoms with Gasteiger partial charge in [0.25, 0.3) is 0 Å². The van der Waals surface area contributed by atoms with Gasteiger partial charge in [-0.15, -0.1) is 23.7 Å². The van der Waals surface area contributed by atoms with E-state index in [1.807, 2.05) is 10.4 Å². The highest BCUT2D eigenvalue weighted by molar-refractivity contribution is 7.09. The van der Waals surface area contributed by atoms with Crippen LogP contribution < -0.4 is 0 Å². The van der Waals surface area contributed by atoms with Gasteiger partial charge < -0.3 is 4.90 Å². The molecule has 3 heterocycles. The lowest BCUT2D eigenvalue weighted by molar-refractivity contribution is -0.132. The number of fused-ring (bicyclic) bond motifs is 1. The molecular formula is C14H16N4OS. The Morgan fingerprint density at radius 1 is 1.50 bits per heavy atom. The zero-order valence-corrected chi connectivity index (χ0v) is 12.0. The van der Waals surface area contributed by atoms with E-state index in [2.05, 4.69) is 21.1 Å². The van der Waals surface area contributed by atoms with E-state index >= 15 is 0 Å². The van der Waals surface area contributed by atoms with Crippen LogP contribution in [0.1, 0.15) is 36.3 Å². The van der Waals surface area contributed by atoms with Gasteiger partial charge in [-0.2, -0.15) is 10.2 Å². The van der Waals surface area contributed by atoms with Crippen molar-refractivity contribution in [1.82, 2.24) is 9.88 Å². The summed E-state index contributed by atoms with van der Waals surface area (Å²) in [7, 11) is 0. The van der Waals surface area contributed by atoms with E-state index in [9.17, 15) is 4.79 Å². The molecule has 0 saturated heterocycles. The molecule has 0 unspecified atom stereocenters. The van der Waals surface area contributed by atoms with Crippen molar-refractivity contribution >= 4 is 17.2 Å². The molecule has 3 rings (SSSR count). The molecular weight excluding hydrogens is 272 g/mol. The maximum Gasteiger partial charge on any atom is 0.223 e. The van der Waals surface area contributed by atoms with Crippen LogP contribution in [0.25, 0.3) is 0 Å². The van der Waals surface area contributed by atoms with Gasteiger partial charge in [0.15, 0.2) is 5.66 Å². The molecule has 104 valence electrons. The van der Waals surface area contributed by atoms with Gasteiger partial charge in [0.2, 0.25) is 5.91 Å². The molecule has 0 fully saturated rings.